The highest BCUT2D eigenvalue weighted by molar-refractivity contribution is 6.30. The molecule has 0 bridgehead atoms. The second kappa shape index (κ2) is 11.6. The Hall–Kier alpha value is -3.33. The van der Waals surface area contributed by atoms with Gasteiger partial charge in [0.25, 0.3) is 5.56 Å². The summed E-state index contributed by atoms with van der Waals surface area (Å²) in [5.41, 5.74) is 1.40. The standard InChI is InChI=1S/C26H32ClN5O4/c1-2-3-4-14-31-22(30-13-5-6-19(16-30)25(36)28-12-11-24(34)35)15-23(33)32-17-21(29-26(31)32)18-7-9-20(27)10-8-18/h7-10,15,17,19H,2-6,11-14,16H2,1H3,(H,28,36)(H,34,35)/t19-/m0/s1. The van der Waals surface area contributed by atoms with Crippen molar-refractivity contribution >= 4 is 35.1 Å². The average molecular weight is 514 g/mol. The maximum Gasteiger partial charge on any atom is 0.305 e. The smallest absolute Gasteiger partial charge is 0.305 e. The number of aromatic nitrogens is 3. The van der Waals surface area contributed by atoms with Crippen molar-refractivity contribution in [1.82, 2.24) is 19.3 Å². The van der Waals surface area contributed by atoms with Gasteiger partial charge >= 0.3 is 5.97 Å². The van der Waals surface area contributed by atoms with E-state index in [4.69, 9.17) is 21.7 Å². The lowest BCUT2D eigenvalue weighted by molar-refractivity contribution is -0.137. The number of halogens is 1. The van der Waals surface area contributed by atoms with Crippen LogP contribution in [0.5, 0.6) is 0 Å². The Morgan fingerprint density at radius 1 is 1.22 bits per heavy atom. The number of imidazole rings is 1. The van der Waals surface area contributed by atoms with Crippen molar-refractivity contribution in [3.8, 4) is 11.3 Å². The van der Waals surface area contributed by atoms with Gasteiger partial charge in [0.05, 0.1) is 18.0 Å². The van der Waals surface area contributed by atoms with Crippen molar-refractivity contribution in [3.63, 3.8) is 0 Å². The fourth-order valence-electron chi connectivity index (χ4n) is 4.68. The second-order valence-electron chi connectivity index (χ2n) is 9.22. The third kappa shape index (κ3) is 5.90. The summed E-state index contributed by atoms with van der Waals surface area (Å²) in [6.07, 6.45) is 6.24. The summed E-state index contributed by atoms with van der Waals surface area (Å²) in [7, 11) is 0. The van der Waals surface area contributed by atoms with E-state index in [-0.39, 0.29) is 30.3 Å². The number of aliphatic carboxylic acids is 1. The molecule has 192 valence electrons. The molecule has 0 unspecified atom stereocenters. The van der Waals surface area contributed by atoms with E-state index >= 15 is 0 Å². The molecule has 2 aromatic heterocycles. The molecule has 3 aromatic rings. The Labute approximate surface area is 214 Å². The summed E-state index contributed by atoms with van der Waals surface area (Å²) < 4.78 is 3.67. The number of carbonyl (C=O) groups excluding carboxylic acids is 1. The number of carboxylic acids is 1. The predicted molar refractivity (Wildman–Crippen MR) is 140 cm³/mol. The van der Waals surface area contributed by atoms with Crippen molar-refractivity contribution in [2.24, 2.45) is 5.92 Å². The van der Waals surface area contributed by atoms with Gasteiger partial charge in [0.1, 0.15) is 5.82 Å². The molecule has 10 heteroatoms. The zero-order valence-electron chi connectivity index (χ0n) is 20.5. The molecule has 1 atom stereocenters. The highest BCUT2D eigenvalue weighted by Crippen LogP contribution is 2.26. The number of amides is 1. The molecule has 1 aliphatic heterocycles. The predicted octanol–water partition coefficient (Wildman–Crippen LogP) is 3.81. The van der Waals surface area contributed by atoms with Gasteiger partial charge < -0.3 is 15.3 Å². The van der Waals surface area contributed by atoms with Crippen LogP contribution in [0, 0.1) is 5.92 Å². The SMILES string of the molecule is CCCCCn1c(N2CCC[C@H](C(=O)NCCC(=O)O)C2)cc(=O)n2cc(-c3ccc(Cl)cc3)nc12. The van der Waals surface area contributed by atoms with E-state index in [2.05, 4.69) is 21.7 Å². The van der Waals surface area contributed by atoms with E-state index in [1.54, 1.807) is 28.8 Å². The molecule has 0 aliphatic carbocycles. The molecule has 36 heavy (non-hydrogen) atoms. The monoisotopic (exact) mass is 513 g/mol. The Bertz CT molecular complexity index is 1280. The van der Waals surface area contributed by atoms with Crippen LogP contribution >= 0.6 is 11.6 Å². The third-order valence-corrected chi connectivity index (χ3v) is 6.83. The number of hydrogen-bond donors (Lipinski definition) is 2. The summed E-state index contributed by atoms with van der Waals surface area (Å²) in [5, 5.41) is 12.2. The summed E-state index contributed by atoms with van der Waals surface area (Å²) in [6, 6.07) is 9.01. The summed E-state index contributed by atoms with van der Waals surface area (Å²) in [4.78, 5) is 43.6. The van der Waals surface area contributed by atoms with Gasteiger partial charge in [-0.25, -0.2) is 4.98 Å². The molecule has 2 N–H and O–H groups in total. The molecule has 1 fully saturated rings. The van der Waals surface area contributed by atoms with Crippen LogP contribution in [0.4, 0.5) is 5.82 Å². The maximum absolute atomic E-state index is 13.2. The van der Waals surface area contributed by atoms with Gasteiger partial charge in [0.2, 0.25) is 11.7 Å². The first-order chi connectivity index (χ1) is 17.4. The number of nitrogens with zero attached hydrogens (tertiary/aromatic N) is 4. The second-order valence-corrected chi connectivity index (χ2v) is 9.66. The minimum Gasteiger partial charge on any atom is -0.481 e. The summed E-state index contributed by atoms with van der Waals surface area (Å²) >= 11 is 6.04. The fourth-order valence-corrected chi connectivity index (χ4v) is 4.80. The largest absolute Gasteiger partial charge is 0.481 e. The van der Waals surface area contributed by atoms with Crippen LogP contribution < -0.4 is 15.8 Å². The van der Waals surface area contributed by atoms with E-state index in [1.165, 1.54) is 0 Å². The molecule has 4 rings (SSSR count). The zero-order chi connectivity index (χ0) is 25.7. The van der Waals surface area contributed by atoms with E-state index in [9.17, 15) is 14.4 Å². The van der Waals surface area contributed by atoms with Crippen molar-refractivity contribution in [1.29, 1.82) is 0 Å². The number of rotatable bonds is 10. The van der Waals surface area contributed by atoms with Crippen LogP contribution in [0.2, 0.25) is 5.02 Å². The fraction of sp³-hybridized carbons (Fsp3) is 0.462. The number of unbranched alkanes of at least 4 members (excludes halogenated alkanes) is 2. The molecule has 0 radical (unpaired) electrons. The van der Waals surface area contributed by atoms with Crippen molar-refractivity contribution in [2.75, 3.05) is 24.5 Å². The van der Waals surface area contributed by atoms with Gasteiger partial charge in [0.15, 0.2) is 0 Å². The van der Waals surface area contributed by atoms with Crippen LogP contribution in [-0.2, 0) is 16.1 Å². The Kier molecular flexibility index (Phi) is 8.30. The minimum absolute atomic E-state index is 0.106. The molecular formula is C26H32ClN5O4. The molecule has 1 aliphatic rings. The Morgan fingerprint density at radius 2 is 2.00 bits per heavy atom. The first-order valence-corrected chi connectivity index (χ1v) is 12.9. The number of fused-ring (bicyclic) bond motifs is 1. The van der Waals surface area contributed by atoms with Crippen molar-refractivity contribution in [3.05, 3.63) is 51.9 Å². The first-order valence-electron chi connectivity index (χ1n) is 12.5. The number of nitrogens with one attached hydrogen (secondary N) is 1. The van der Waals surface area contributed by atoms with E-state index in [0.717, 1.165) is 50.0 Å². The number of hydrogen-bond acceptors (Lipinski definition) is 5. The summed E-state index contributed by atoms with van der Waals surface area (Å²) in [6.45, 7) is 4.16. The molecule has 9 nitrogen and oxygen atoms in total. The molecule has 1 amide bonds. The van der Waals surface area contributed by atoms with E-state index in [0.29, 0.717) is 29.6 Å². The lowest BCUT2D eigenvalue weighted by Gasteiger charge is -2.35. The van der Waals surface area contributed by atoms with Gasteiger partial charge in [0, 0.05) is 49.0 Å². The topological polar surface area (TPSA) is 109 Å². The molecule has 0 saturated carbocycles. The van der Waals surface area contributed by atoms with Crippen molar-refractivity contribution in [2.45, 2.75) is 52.0 Å². The molecule has 3 heterocycles. The van der Waals surface area contributed by atoms with Crippen LogP contribution in [0.1, 0.15) is 45.4 Å². The van der Waals surface area contributed by atoms with Crippen LogP contribution in [-0.4, -0.2) is 50.6 Å². The van der Waals surface area contributed by atoms with Gasteiger partial charge in [-0.3, -0.25) is 23.4 Å². The summed E-state index contributed by atoms with van der Waals surface area (Å²) in [5.74, 6) is -0.0193. The molecule has 1 saturated heterocycles. The molecular weight excluding hydrogens is 482 g/mol. The number of benzene rings is 1. The van der Waals surface area contributed by atoms with Crippen LogP contribution in [0.3, 0.4) is 0 Å². The average Bonchev–Trinajstić information content (AvgIpc) is 3.32. The minimum atomic E-state index is -0.942. The highest BCUT2D eigenvalue weighted by Gasteiger charge is 2.28. The maximum atomic E-state index is 13.2. The number of anilines is 1. The molecule has 1 aromatic carbocycles. The Morgan fingerprint density at radius 3 is 2.72 bits per heavy atom. The third-order valence-electron chi connectivity index (χ3n) is 6.57. The number of piperidine rings is 1. The van der Waals surface area contributed by atoms with Crippen LogP contribution in [0.15, 0.2) is 41.3 Å². The van der Waals surface area contributed by atoms with Gasteiger partial charge in [-0.2, -0.15) is 0 Å². The van der Waals surface area contributed by atoms with E-state index in [1.807, 2.05) is 12.1 Å². The quantitative estimate of drug-likeness (QED) is 0.399. The molecule has 0 spiro atoms. The Balaban J connectivity index is 1.67. The van der Waals surface area contributed by atoms with Gasteiger partial charge in [-0.15, -0.1) is 0 Å². The number of carbonyl (C=O) groups is 2. The van der Waals surface area contributed by atoms with Crippen LogP contribution in [0.25, 0.3) is 17.0 Å². The van der Waals surface area contributed by atoms with E-state index < -0.39 is 5.97 Å². The van der Waals surface area contributed by atoms with Crippen molar-refractivity contribution < 1.29 is 14.7 Å². The van der Waals surface area contributed by atoms with Gasteiger partial charge in [-0.1, -0.05) is 43.5 Å². The number of carboxylic acid groups (broad SMARTS) is 1. The lowest BCUT2D eigenvalue weighted by atomic mass is 9.97. The highest BCUT2D eigenvalue weighted by atomic mass is 35.5. The number of aryl methyl sites for hydroxylation is 1. The first kappa shape index (κ1) is 25.8. The normalized spacial score (nSPS) is 15.8. The zero-order valence-corrected chi connectivity index (χ0v) is 21.2. The lowest BCUT2D eigenvalue weighted by Crippen LogP contribution is -2.44. The van der Waals surface area contributed by atoms with Gasteiger partial charge in [-0.05, 0) is 31.4 Å².